The Balaban J connectivity index is 2.07. The van der Waals surface area contributed by atoms with Crippen LogP contribution in [0.25, 0.3) is 21.5 Å². The number of hydrogen-bond donors (Lipinski definition) is 0. The lowest BCUT2D eigenvalue weighted by Gasteiger charge is -2.23. The molecule has 0 nitrogen and oxygen atoms in total. The van der Waals surface area contributed by atoms with E-state index in [-0.39, 0.29) is 0 Å². The molecule has 1 aliphatic rings. The maximum absolute atomic E-state index is 2.43. The molecule has 0 radical (unpaired) electrons. The second-order valence-corrected chi connectivity index (χ2v) is 6.89. The summed E-state index contributed by atoms with van der Waals surface area (Å²) in [6.45, 7) is 6.91. The van der Waals surface area contributed by atoms with Crippen molar-refractivity contribution >= 4 is 21.5 Å². The van der Waals surface area contributed by atoms with Gasteiger partial charge in [-0.1, -0.05) is 61.9 Å². The smallest absolute Gasteiger partial charge is 0.00718 e. The summed E-state index contributed by atoms with van der Waals surface area (Å²) in [5, 5.41) is 5.65. The fraction of sp³-hybridized carbons (Fsp3) is 0.333. The van der Waals surface area contributed by atoms with Gasteiger partial charge in [-0.2, -0.15) is 0 Å². The van der Waals surface area contributed by atoms with E-state index in [0.29, 0.717) is 5.41 Å². The molecule has 3 aromatic rings. The molecule has 0 fully saturated rings. The standard InChI is InChI=1S/C21H22/c1-4-21(3)12-11-19-18-8-6-15-13-14(2)5-7-16(15)17(18)9-10-20(19)21/h5-10,13H,4,11-12H2,1-3H3/t21-/m1/s1. The van der Waals surface area contributed by atoms with E-state index in [2.05, 4.69) is 63.2 Å². The molecule has 1 aliphatic carbocycles. The van der Waals surface area contributed by atoms with Gasteiger partial charge in [0.2, 0.25) is 0 Å². The second kappa shape index (κ2) is 4.34. The summed E-state index contributed by atoms with van der Waals surface area (Å²) in [7, 11) is 0. The van der Waals surface area contributed by atoms with Gasteiger partial charge in [-0.25, -0.2) is 0 Å². The molecule has 21 heavy (non-hydrogen) atoms. The number of rotatable bonds is 1. The van der Waals surface area contributed by atoms with Crippen LogP contribution in [0.2, 0.25) is 0 Å². The Labute approximate surface area is 126 Å². The normalized spacial score (nSPS) is 21.1. The summed E-state index contributed by atoms with van der Waals surface area (Å²) < 4.78 is 0. The molecule has 0 saturated heterocycles. The van der Waals surface area contributed by atoms with Gasteiger partial charge < -0.3 is 0 Å². The van der Waals surface area contributed by atoms with Gasteiger partial charge in [0.1, 0.15) is 0 Å². The van der Waals surface area contributed by atoms with Gasteiger partial charge in [-0.15, -0.1) is 0 Å². The van der Waals surface area contributed by atoms with Gasteiger partial charge in [0.05, 0.1) is 0 Å². The van der Waals surface area contributed by atoms with E-state index in [1.165, 1.54) is 46.4 Å². The van der Waals surface area contributed by atoms with Crippen molar-refractivity contribution in [2.75, 3.05) is 0 Å². The van der Waals surface area contributed by atoms with Crippen LogP contribution in [-0.2, 0) is 11.8 Å². The highest BCUT2D eigenvalue weighted by Gasteiger charge is 2.33. The van der Waals surface area contributed by atoms with Crippen molar-refractivity contribution in [2.24, 2.45) is 0 Å². The first-order valence-electron chi connectivity index (χ1n) is 8.08. The van der Waals surface area contributed by atoms with E-state index in [9.17, 15) is 0 Å². The van der Waals surface area contributed by atoms with Crippen LogP contribution in [0.15, 0.2) is 42.5 Å². The minimum atomic E-state index is 0.381. The number of hydrogen-bond acceptors (Lipinski definition) is 0. The van der Waals surface area contributed by atoms with Crippen LogP contribution in [0.3, 0.4) is 0 Å². The van der Waals surface area contributed by atoms with Gasteiger partial charge in [0.25, 0.3) is 0 Å². The minimum Gasteiger partial charge on any atom is -0.0645 e. The SMILES string of the molecule is CC[C@]1(C)CCc2c1ccc1c2ccc2cc(C)ccc21. The molecule has 0 heterocycles. The van der Waals surface area contributed by atoms with Crippen LogP contribution in [0.5, 0.6) is 0 Å². The van der Waals surface area contributed by atoms with Crippen molar-refractivity contribution in [1.82, 2.24) is 0 Å². The van der Waals surface area contributed by atoms with Crippen molar-refractivity contribution in [3.05, 3.63) is 59.2 Å². The molecule has 3 aromatic carbocycles. The summed E-state index contributed by atoms with van der Waals surface area (Å²) in [6.07, 6.45) is 3.76. The topological polar surface area (TPSA) is 0 Å². The van der Waals surface area contributed by atoms with Crippen molar-refractivity contribution in [3.63, 3.8) is 0 Å². The molecule has 1 atom stereocenters. The molecule has 0 heteroatoms. The van der Waals surface area contributed by atoms with Gasteiger partial charge in [0.15, 0.2) is 0 Å². The maximum atomic E-state index is 2.43. The third kappa shape index (κ3) is 1.75. The molecule has 106 valence electrons. The van der Waals surface area contributed by atoms with Gasteiger partial charge in [0, 0.05) is 0 Å². The van der Waals surface area contributed by atoms with Crippen LogP contribution < -0.4 is 0 Å². The quantitative estimate of drug-likeness (QED) is 0.483. The lowest BCUT2D eigenvalue weighted by atomic mass is 9.81. The highest BCUT2D eigenvalue weighted by atomic mass is 14.4. The average molecular weight is 274 g/mol. The maximum Gasteiger partial charge on any atom is -0.00718 e. The van der Waals surface area contributed by atoms with Gasteiger partial charge >= 0.3 is 0 Å². The first-order chi connectivity index (χ1) is 10.1. The summed E-state index contributed by atoms with van der Waals surface area (Å²) in [6, 6.07) is 16.2. The van der Waals surface area contributed by atoms with Crippen LogP contribution >= 0.6 is 0 Å². The first-order valence-corrected chi connectivity index (χ1v) is 8.08. The lowest BCUT2D eigenvalue weighted by Crippen LogP contribution is -2.16. The monoisotopic (exact) mass is 274 g/mol. The average Bonchev–Trinajstić information content (AvgIpc) is 2.85. The van der Waals surface area contributed by atoms with Crippen molar-refractivity contribution in [2.45, 2.75) is 45.4 Å². The van der Waals surface area contributed by atoms with E-state index in [1.54, 1.807) is 11.1 Å². The molecular formula is C21H22. The summed E-state index contributed by atoms with van der Waals surface area (Å²) in [4.78, 5) is 0. The Morgan fingerprint density at radius 2 is 1.71 bits per heavy atom. The van der Waals surface area contributed by atoms with E-state index in [4.69, 9.17) is 0 Å². The Morgan fingerprint density at radius 3 is 2.52 bits per heavy atom. The Hall–Kier alpha value is -1.82. The molecule has 0 unspecified atom stereocenters. The van der Waals surface area contributed by atoms with Crippen LogP contribution in [0.1, 0.15) is 43.4 Å². The third-order valence-electron chi connectivity index (χ3n) is 5.64. The molecule has 0 aromatic heterocycles. The molecular weight excluding hydrogens is 252 g/mol. The van der Waals surface area contributed by atoms with E-state index in [1.807, 2.05) is 0 Å². The minimum absolute atomic E-state index is 0.381. The fourth-order valence-corrected chi connectivity index (χ4v) is 4.07. The molecule has 0 spiro atoms. The zero-order valence-corrected chi connectivity index (χ0v) is 13.2. The number of aryl methyl sites for hydroxylation is 2. The fourth-order valence-electron chi connectivity index (χ4n) is 4.07. The summed E-state index contributed by atoms with van der Waals surface area (Å²) >= 11 is 0. The molecule has 0 amide bonds. The molecule has 0 bridgehead atoms. The van der Waals surface area contributed by atoms with Gasteiger partial charge in [-0.05, 0) is 64.3 Å². The van der Waals surface area contributed by atoms with Crippen LogP contribution in [0.4, 0.5) is 0 Å². The van der Waals surface area contributed by atoms with Crippen LogP contribution in [-0.4, -0.2) is 0 Å². The molecule has 0 aliphatic heterocycles. The Bertz CT molecular complexity index is 857. The van der Waals surface area contributed by atoms with Crippen molar-refractivity contribution in [1.29, 1.82) is 0 Å². The third-order valence-corrected chi connectivity index (χ3v) is 5.64. The molecule has 0 saturated carbocycles. The predicted octanol–water partition coefficient (Wildman–Crippen LogP) is 5.92. The molecule has 0 N–H and O–H groups in total. The zero-order valence-electron chi connectivity index (χ0n) is 13.2. The van der Waals surface area contributed by atoms with E-state index >= 15 is 0 Å². The first kappa shape index (κ1) is 12.9. The highest BCUT2D eigenvalue weighted by Crippen LogP contribution is 2.44. The predicted molar refractivity (Wildman–Crippen MR) is 92.2 cm³/mol. The largest absolute Gasteiger partial charge is 0.0645 e. The van der Waals surface area contributed by atoms with E-state index in [0.717, 1.165) is 0 Å². The van der Waals surface area contributed by atoms with Crippen LogP contribution in [0, 0.1) is 6.92 Å². The van der Waals surface area contributed by atoms with E-state index < -0.39 is 0 Å². The summed E-state index contributed by atoms with van der Waals surface area (Å²) in [5.74, 6) is 0. The Kier molecular flexibility index (Phi) is 2.66. The zero-order chi connectivity index (χ0) is 14.6. The number of fused-ring (bicyclic) bond motifs is 5. The summed E-state index contributed by atoms with van der Waals surface area (Å²) in [5.41, 5.74) is 4.90. The second-order valence-electron chi connectivity index (χ2n) is 6.89. The van der Waals surface area contributed by atoms with Crippen molar-refractivity contribution < 1.29 is 0 Å². The lowest BCUT2D eigenvalue weighted by molar-refractivity contribution is 0.453. The Morgan fingerprint density at radius 1 is 0.952 bits per heavy atom. The van der Waals surface area contributed by atoms with Crippen molar-refractivity contribution in [3.8, 4) is 0 Å². The number of benzene rings is 3. The van der Waals surface area contributed by atoms with Gasteiger partial charge in [-0.3, -0.25) is 0 Å². The molecule has 4 rings (SSSR count). The highest BCUT2D eigenvalue weighted by molar-refractivity contribution is 6.09.